The smallest absolute Gasteiger partial charge is 0.257 e. The number of benzene rings is 1. The van der Waals surface area contributed by atoms with E-state index in [0.717, 1.165) is 48.9 Å². The fraction of sp³-hybridized carbons (Fsp3) is 0.440. The molecule has 0 bridgehead atoms. The third-order valence-electron chi connectivity index (χ3n) is 6.93. The third kappa shape index (κ3) is 3.88. The second-order valence-electron chi connectivity index (χ2n) is 9.39. The molecule has 5 rings (SSSR count). The molecular formula is C25H27FN6O2. The molecule has 0 radical (unpaired) electrons. The Bertz CT molecular complexity index is 1290. The van der Waals surface area contributed by atoms with Gasteiger partial charge in [0.25, 0.3) is 5.91 Å². The molecule has 8 nitrogen and oxygen atoms in total. The highest BCUT2D eigenvalue weighted by Gasteiger charge is 2.33. The van der Waals surface area contributed by atoms with Gasteiger partial charge in [-0.25, -0.2) is 13.9 Å². The summed E-state index contributed by atoms with van der Waals surface area (Å²) >= 11 is 0. The molecule has 2 fully saturated rings. The van der Waals surface area contributed by atoms with E-state index in [2.05, 4.69) is 4.90 Å². The molecule has 3 unspecified atom stereocenters. The van der Waals surface area contributed by atoms with Crippen LogP contribution in [-0.2, 0) is 0 Å². The number of carbonyl (C=O) groups is 1. The zero-order valence-corrected chi connectivity index (χ0v) is 19.3. The Morgan fingerprint density at radius 2 is 2.09 bits per heavy atom. The normalized spacial score (nSPS) is 22.9. The van der Waals surface area contributed by atoms with E-state index in [1.807, 2.05) is 32.2 Å². The maximum Gasteiger partial charge on any atom is 0.257 e. The molecule has 9 heteroatoms. The first-order valence-electron chi connectivity index (χ1n) is 11.7. The van der Waals surface area contributed by atoms with Crippen molar-refractivity contribution in [2.45, 2.75) is 45.3 Å². The molecule has 3 atom stereocenters. The second kappa shape index (κ2) is 8.69. The summed E-state index contributed by atoms with van der Waals surface area (Å²) in [5, 5.41) is 23.9. The summed E-state index contributed by atoms with van der Waals surface area (Å²) in [5.74, 6) is -0.0677. The van der Waals surface area contributed by atoms with Crippen LogP contribution in [-0.4, -0.2) is 56.2 Å². The number of amides is 1. The molecule has 3 aromatic rings. The van der Waals surface area contributed by atoms with E-state index in [1.54, 1.807) is 9.42 Å². The van der Waals surface area contributed by atoms with Crippen LogP contribution in [0.1, 0.15) is 59.4 Å². The summed E-state index contributed by atoms with van der Waals surface area (Å²) in [6.07, 6.45) is 4.06. The predicted octanol–water partition coefficient (Wildman–Crippen LogP) is 3.23. The molecule has 0 spiro atoms. The van der Waals surface area contributed by atoms with Crippen LogP contribution in [0.3, 0.4) is 0 Å². The minimum atomic E-state index is -0.688. The first-order chi connectivity index (χ1) is 16.4. The van der Waals surface area contributed by atoms with Gasteiger partial charge in [-0.1, -0.05) is 6.92 Å². The van der Waals surface area contributed by atoms with Crippen molar-refractivity contribution in [2.75, 3.05) is 24.5 Å². The van der Waals surface area contributed by atoms with Crippen molar-refractivity contribution in [3.05, 3.63) is 58.7 Å². The van der Waals surface area contributed by atoms with Gasteiger partial charge in [-0.15, -0.1) is 0 Å². The highest BCUT2D eigenvalue weighted by molar-refractivity contribution is 5.95. The number of fused-ring (bicyclic) bond motifs is 1. The minimum Gasteiger partial charge on any atom is -0.391 e. The van der Waals surface area contributed by atoms with Crippen LogP contribution < -0.4 is 4.90 Å². The fourth-order valence-electron chi connectivity index (χ4n) is 5.02. The van der Waals surface area contributed by atoms with E-state index < -0.39 is 11.7 Å². The molecule has 176 valence electrons. The SMILES string of the molecule is Cc1cn2nc(C3CCCCN3C(=O)c3ccc(C#N)cc3F)cc2nc1N1CC(C)C(O)C1. The molecule has 2 aromatic heterocycles. The topological polar surface area (TPSA) is 97.8 Å². The maximum atomic E-state index is 14.6. The van der Waals surface area contributed by atoms with E-state index in [0.29, 0.717) is 18.7 Å². The van der Waals surface area contributed by atoms with E-state index >= 15 is 0 Å². The number of hydrogen-bond donors (Lipinski definition) is 1. The first kappa shape index (κ1) is 22.3. The number of nitrogens with zero attached hydrogens (tertiary/aromatic N) is 6. The number of aliphatic hydroxyl groups excluding tert-OH is 1. The number of hydrogen-bond acceptors (Lipinski definition) is 6. The fourth-order valence-corrected chi connectivity index (χ4v) is 5.02. The Morgan fingerprint density at radius 3 is 2.79 bits per heavy atom. The monoisotopic (exact) mass is 462 g/mol. The number of halogens is 1. The van der Waals surface area contributed by atoms with Crippen molar-refractivity contribution in [3.8, 4) is 6.07 Å². The third-order valence-corrected chi connectivity index (χ3v) is 6.93. The predicted molar refractivity (Wildman–Crippen MR) is 124 cm³/mol. The second-order valence-corrected chi connectivity index (χ2v) is 9.39. The number of piperidine rings is 1. The van der Waals surface area contributed by atoms with E-state index in [-0.39, 0.29) is 29.2 Å². The molecule has 2 aliphatic rings. The van der Waals surface area contributed by atoms with Crippen molar-refractivity contribution < 1.29 is 14.3 Å². The van der Waals surface area contributed by atoms with Gasteiger partial charge in [0, 0.05) is 43.4 Å². The first-order valence-corrected chi connectivity index (χ1v) is 11.7. The Labute approximate surface area is 197 Å². The number of anilines is 1. The van der Waals surface area contributed by atoms with Crippen molar-refractivity contribution in [1.29, 1.82) is 5.26 Å². The molecule has 34 heavy (non-hydrogen) atoms. The largest absolute Gasteiger partial charge is 0.391 e. The molecule has 1 N–H and O–H groups in total. The number of aryl methyl sites for hydroxylation is 1. The van der Waals surface area contributed by atoms with Crippen molar-refractivity contribution in [3.63, 3.8) is 0 Å². The number of nitriles is 1. The number of likely N-dealkylation sites (tertiary alicyclic amines) is 1. The van der Waals surface area contributed by atoms with Gasteiger partial charge in [0.2, 0.25) is 0 Å². The van der Waals surface area contributed by atoms with Gasteiger partial charge >= 0.3 is 0 Å². The highest BCUT2D eigenvalue weighted by Crippen LogP contribution is 2.33. The molecule has 2 saturated heterocycles. The van der Waals surface area contributed by atoms with Gasteiger partial charge in [-0.3, -0.25) is 4.79 Å². The number of β-amino-alcohol motifs (C(OH)–C–C–N with tert-alkyl or cyclic N) is 1. The zero-order chi connectivity index (χ0) is 24.0. The number of rotatable bonds is 3. The van der Waals surface area contributed by atoms with Crippen LogP contribution >= 0.6 is 0 Å². The van der Waals surface area contributed by atoms with Gasteiger partial charge < -0.3 is 14.9 Å². The Kier molecular flexibility index (Phi) is 5.70. The summed E-state index contributed by atoms with van der Waals surface area (Å²) in [6, 6.07) is 7.45. The molecule has 1 aromatic carbocycles. The number of carbonyl (C=O) groups excluding carboxylic acids is 1. The van der Waals surface area contributed by atoms with Crippen molar-refractivity contribution >= 4 is 17.4 Å². The van der Waals surface area contributed by atoms with Crippen molar-refractivity contribution in [1.82, 2.24) is 19.5 Å². The maximum absolute atomic E-state index is 14.6. The van der Waals surface area contributed by atoms with Gasteiger partial charge in [0.05, 0.1) is 35.0 Å². The average Bonchev–Trinajstić information content (AvgIpc) is 3.39. The van der Waals surface area contributed by atoms with Crippen LogP contribution in [0, 0.1) is 30.0 Å². The molecular weight excluding hydrogens is 435 g/mol. The Balaban J connectivity index is 1.46. The lowest BCUT2D eigenvalue weighted by Gasteiger charge is -2.34. The average molecular weight is 463 g/mol. The lowest BCUT2D eigenvalue weighted by molar-refractivity contribution is 0.0601. The number of aliphatic hydroxyl groups is 1. The van der Waals surface area contributed by atoms with Crippen molar-refractivity contribution in [2.24, 2.45) is 5.92 Å². The summed E-state index contributed by atoms with van der Waals surface area (Å²) in [7, 11) is 0. The van der Waals surface area contributed by atoms with Crippen LogP contribution in [0.25, 0.3) is 5.65 Å². The van der Waals surface area contributed by atoms with E-state index in [1.165, 1.54) is 12.1 Å². The Hall–Kier alpha value is -3.51. The molecule has 1 amide bonds. The standard InChI is InChI=1S/C25H27FN6O2/c1-15-12-30(14-22(15)33)24-16(2)13-32-23(28-24)10-20(29-32)21-5-3-4-8-31(21)25(34)18-7-6-17(11-27)9-19(18)26/h6-7,9-10,13,15,21-22,33H,3-5,8,12,14H2,1-2H3. The molecule has 4 heterocycles. The summed E-state index contributed by atoms with van der Waals surface area (Å²) in [5.41, 5.74) is 2.50. The molecule has 0 saturated carbocycles. The summed E-state index contributed by atoms with van der Waals surface area (Å²) < 4.78 is 16.3. The van der Waals surface area contributed by atoms with E-state index in [9.17, 15) is 14.3 Å². The summed E-state index contributed by atoms with van der Waals surface area (Å²) in [6.45, 7) is 5.81. The molecule has 2 aliphatic heterocycles. The van der Waals surface area contributed by atoms with Crippen LogP contribution in [0.15, 0.2) is 30.5 Å². The van der Waals surface area contributed by atoms with Gasteiger partial charge in [-0.2, -0.15) is 10.4 Å². The summed E-state index contributed by atoms with van der Waals surface area (Å²) in [4.78, 5) is 21.9. The van der Waals surface area contributed by atoms with Gasteiger partial charge in [-0.05, 0) is 44.4 Å². The van der Waals surface area contributed by atoms with Gasteiger partial charge in [0.1, 0.15) is 11.6 Å². The Morgan fingerprint density at radius 1 is 1.26 bits per heavy atom. The number of aromatic nitrogens is 3. The van der Waals surface area contributed by atoms with Crippen LogP contribution in [0.5, 0.6) is 0 Å². The van der Waals surface area contributed by atoms with Gasteiger partial charge in [0.15, 0.2) is 5.65 Å². The zero-order valence-electron chi connectivity index (χ0n) is 19.3. The lowest BCUT2D eigenvalue weighted by atomic mass is 9.98. The van der Waals surface area contributed by atoms with Crippen LogP contribution in [0.4, 0.5) is 10.2 Å². The lowest BCUT2D eigenvalue weighted by Crippen LogP contribution is -2.39. The molecule has 0 aliphatic carbocycles. The van der Waals surface area contributed by atoms with E-state index in [4.69, 9.17) is 15.3 Å². The quantitative estimate of drug-likeness (QED) is 0.642. The van der Waals surface area contributed by atoms with Crippen LogP contribution in [0.2, 0.25) is 0 Å². The highest BCUT2D eigenvalue weighted by atomic mass is 19.1. The minimum absolute atomic E-state index is 0.0346.